The van der Waals surface area contributed by atoms with Crippen LogP contribution in [0.4, 0.5) is 0 Å². The number of aliphatic hydroxyl groups excluding tert-OH is 1. The van der Waals surface area contributed by atoms with Crippen molar-refractivity contribution >= 4 is 10.0 Å². The number of aliphatic hydroxyl groups is 1. The van der Waals surface area contributed by atoms with Gasteiger partial charge in [-0.05, 0) is 12.1 Å². The van der Waals surface area contributed by atoms with Gasteiger partial charge in [0.05, 0.1) is 11.4 Å². The molecule has 0 radical (unpaired) electrons. The maximum atomic E-state index is 12.2. The summed E-state index contributed by atoms with van der Waals surface area (Å²) >= 11 is 0. The Labute approximate surface area is 116 Å². The molecule has 0 aliphatic heterocycles. The van der Waals surface area contributed by atoms with E-state index in [9.17, 15) is 8.42 Å². The van der Waals surface area contributed by atoms with Crippen molar-refractivity contribution in [2.24, 2.45) is 0 Å². The van der Waals surface area contributed by atoms with Crippen molar-refractivity contribution in [3.63, 3.8) is 0 Å². The van der Waals surface area contributed by atoms with Gasteiger partial charge in [0.2, 0.25) is 10.0 Å². The molecule has 1 aromatic heterocycles. The average Bonchev–Trinajstić information content (AvgIpc) is 2.97. The highest BCUT2D eigenvalue weighted by Crippen LogP contribution is 2.14. The van der Waals surface area contributed by atoms with Gasteiger partial charge >= 0.3 is 0 Å². The van der Waals surface area contributed by atoms with Gasteiger partial charge < -0.3 is 5.11 Å². The van der Waals surface area contributed by atoms with Crippen LogP contribution >= 0.6 is 0 Å². The molecule has 1 aromatic carbocycles. The molecule has 1 heterocycles. The molecule has 20 heavy (non-hydrogen) atoms. The van der Waals surface area contributed by atoms with Gasteiger partial charge in [-0.2, -0.15) is 5.10 Å². The SMILES string of the molecule is O=S(=O)(NCc1ncn[nH]1)c1ccccc1C#CCO. The molecule has 0 spiro atoms. The molecule has 2 rings (SSSR count). The van der Waals surface area contributed by atoms with Gasteiger partial charge in [0.1, 0.15) is 18.8 Å². The maximum Gasteiger partial charge on any atom is 0.242 e. The van der Waals surface area contributed by atoms with E-state index in [0.717, 1.165) is 0 Å². The lowest BCUT2D eigenvalue weighted by atomic mass is 10.2. The lowest BCUT2D eigenvalue weighted by Crippen LogP contribution is -2.24. The van der Waals surface area contributed by atoms with E-state index in [1.54, 1.807) is 18.2 Å². The Balaban J connectivity index is 2.25. The number of hydrogen-bond acceptors (Lipinski definition) is 5. The standard InChI is InChI=1S/C12H12N4O3S/c17-7-3-5-10-4-1-2-6-11(10)20(18,19)15-8-12-13-9-14-16-12/h1-2,4,6,9,15,17H,7-8H2,(H,13,14,16). The first-order chi connectivity index (χ1) is 9.63. The Hall–Kier alpha value is -2.21. The molecule has 0 saturated heterocycles. The Morgan fingerprint density at radius 3 is 2.85 bits per heavy atom. The van der Waals surface area contributed by atoms with Crippen LogP contribution in [0.2, 0.25) is 0 Å². The van der Waals surface area contributed by atoms with Crippen LogP contribution in [-0.2, 0) is 16.6 Å². The molecule has 7 nitrogen and oxygen atoms in total. The van der Waals surface area contributed by atoms with Gasteiger partial charge in [-0.25, -0.2) is 18.1 Å². The third-order valence-electron chi connectivity index (χ3n) is 2.37. The highest BCUT2D eigenvalue weighted by molar-refractivity contribution is 7.89. The lowest BCUT2D eigenvalue weighted by Gasteiger charge is -2.07. The molecule has 0 saturated carbocycles. The number of H-pyrrole nitrogens is 1. The first-order valence-corrected chi connectivity index (χ1v) is 7.14. The molecule has 0 aliphatic carbocycles. The molecular weight excluding hydrogens is 280 g/mol. The van der Waals surface area contributed by atoms with E-state index in [1.165, 1.54) is 12.4 Å². The van der Waals surface area contributed by atoms with Crippen LogP contribution in [0.5, 0.6) is 0 Å². The van der Waals surface area contributed by atoms with Gasteiger partial charge in [-0.15, -0.1) is 0 Å². The van der Waals surface area contributed by atoms with Crippen LogP contribution in [0.3, 0.4) is 0 Å². The summed E-state index contributed by atoms with van der Waals surface area (Å²) in [5.41, 5.74) is 0.326. The summed E-state index contributed by atoms with van der Waals surface area (Å²) in [6, 6.07) is 6.31. The third kappa shape index (κ3) is 3.42. The van der Waals surface area contributed by atoms with Gasteiger partial charge in [0.25, 0.3) is 0 Å². The second kappa shape index (κ2) is 6.29. The molecule has 0 unspecified atom stereocenters. The number of aromatic nitrogens is 3. The van der Waals surface area contributed by atoms with E-state index in [1.807, 2.05) is 0 Å². The van der Waals surface area contributed by atoms with Gasteiger partial charge in [-0.3, -0.25) is 5.10 Å². The zero-order chi connectivity index (χ0) is 14.4. The van der Waals surface area contributed by atoms with Crippen molar-refractivity contribution in [1.29, 1.82) is 0 Å². The summed E-state index contributed by atoms with van der Waals surface area (Å²) in [7, 11) is -3.72. The summed E-state index contributed by atoms with van der Waals surface area (Å²) in [6.07, 6.45) is 1.30. The number of nitrogens with one attached hydrogen (secondary N) is 2. The minimum atomic E-state index is -3.72. The minimum Gasteiger partial charge on any atom is -0.384 e. The van der Waals surface area contributed by atoms with E-state index >= 15 is 0 Å². The Morgan fingerprint density at radius 1 is 1.35 bits per heavy atom. The highest BCUT2D eigenvalue weighted by atomic mass is 32.2. The molecule has 0 bridgehead atoms. The first-order valence-electron chi connectivity index (χ1n) is 5.66. The molecule has 0 aliphatic rings. The van der Waals surface area contributed by atoms with E-state index in [-0.39, 0.29) is 18.0 Å². The minimum absolute atomic E-state index is 0.00406. The number of nitrogens with zero attached hydrogens (tertiary/aromatic N) is 2. The van der Waals surface area contributed by atoms with E-state index in [2.05, 4.69) is 31.7 Å². The second-order valence-corrected chi connectivity index (χ2v) is 5.45. The quantitative estimate of drug-likeness (QED) is 0.666. The monoisotopic (exact) mass is 292 g/mol. The van der Waals surface area contributed by atoms with Crippen LogP contribution in [0.25, 0.3) is 0 Å². The van der Waals surface area contributed by atoms with Crippen molar-refractivity contribution in [2.75, 3.05) is 6.61 Å². The van der Waals surface area contributed by atoms with Crippen LogP contribution in [0, 0.1) is 11.8 Å². The predicted molar refractivity (Wildman–Crippen MR) is 70.8 cm³/mol. The number of sulfonamides is 1. The van der Waals surface area contributed by atoms with Crippen molar-refractivity contribution in [2.45, 2.75) is 11.4 Å². The summed E-state index contributed by atoms with van der Waals surface area (Å²) in [5.74, 6) is 5.45. The molecule has 104 valence electrons. The zero-order valence-electron chi connectivity index (χ0n) is 10.4. The fourth-order valence-corrected chi connectivity index (χ4v) is 2.64. The number of benzene rings is 1. The van der Waals surface area contributed by atoms with Crippen LogP contribution < -0.4 is 4.72 Å². The molecular formula is C12H12N4O3S. The van der Waals surface area contributed by atoms with Crippen molar-refractivity contribution in [3.8, 4) is 11.8 Å². The van der Waals surface area contributed by atoms with Gasteiger partial charge in [0, 0.05) is 5.56 Å². The normalized spacial score (nSPS) is 10.8. The molecule has 0 atom stereocenters. The number of hydrogen-bond donors (Lipinski definition) is 3. The number of rotatable bonds is 4. The predicted octanol–water partition coefficient (Wildman–Crippen LogP) is -0.373. The lowest BCUT2D eigenvalue weighted by molar-refractivity contribution is 0.350. The largest absolute Gasteiger partial charge is 0.384 e. The fraction of sp³-hybridized carbons (Fsp3) is 0.167. The van der Waals surface area contributed by atoms with Gasteiger partial charge in [0.15, 0.2) is 0 Å². The van der Waals surface area contributed by atoms with Gasteiger partial charge in [-0.1, -0.05) is 24.0 Å². The molecule has 8 heteroatoms. The average molecular weight is 292 g/mol. The first kappa shape index (κ1) is 14.2. The topological polar surface area (TPSA) is 108 Å². The van der Waals surface area contributed by atoms with Crippen molar-refractivity contribution < 1.29 is 13.5 Å². The molecule has 3 N–H and O–H groups in total. The van der Waals surface area contributed by atoms with E-state index < -0.39 is 10.0 Å². The van der Waals surface area contributed by atoms with Crippen molar-refractivity contribution in [1.82, 2.24) is 19.9 Å². The maximum absolute atomic E-state index is 12.2. The summed E-state index contributed by atoms with van der Waals surface area (Å²) in [4.78, 5) is 3.89. The Bertz CT molecular complexity index is 730. The second-order valence-electron chi connectivity index (χ2n) is 3.71. The third-order valence-corrected chi connectivity index (χ3v) is 3.83. The fourth-order valence-electron chi connectivity index (χ4n) is 1.50. The Morgan fingerprint density at radius 2 is 2.15 bits per heavy atom. The van der Waals surface area contributed by atoms with E-state index in [0.29, 0.717) is 11.4 Å². The Kier molecular flexibility index (Phi) is 4.47. The van der Waals surface area contributed by atoms with Crippen LogP contribution in [0.1, 0.15) is 11.4 Å². The summed E-state index contributed by atoms with van der Waals surface area (Å²) in [5, 5.41) is 14.9. The van der Waals surface area contributed by atoms with Crippen LogP contribution in [0.15, 0.2) is 35.5 Å². The number of aromatic amines is 1. The molecule has 0 fully saturated rings. The summed E-state index contributed by atoms with van der Waals surface area (Å²) in [6.45, 7) is -0.329. The van der Waals surface area contributed by atoms with E-state index in [4.69, 9.17) is 5.11 Å². The smallest absolute Gasteiger partial charge is 0.242 e. The van der Waals surface area contributed by atoms with Crippen LogP contribution in [-0.4, -0.2) is 35.3 Å². The molecule has 0 amide bonds. The zero-order valence-corrected chi connectivity index (χ0v) is 11.2. The summed E-state index contributed by atoms with van der Waals surface area (Å²) < 4.78 is 26.8. The highest BCUT2D eigenvalue weighted by Gasteiger charge is 2.17. The van der Waals surface area contributed by atoms with Crippen molar-refractivity contribution in [3.05, 3.63) is 42.0 Å². The molecule has 2 aromatic rings.